The van der Waals surface area contributed by atoms with Gasteiger partial charge >= 0.3 is 0 Å². The third-order valence-corrected chi connectivity index (χ3v) is 4.65. The summed E-state index contributed by atoms with van der Waals surface area (Å²) in [6.45, 7) is 5.37. The van der Waals surface area contributed by atoms with E-state index in [1.54, 1.807) is 17.0 Å². The number of anilines is 2. The molecule has 2 amide bonds. The van der Waals surface area contributed by atoms with Gasteiger partial charge in [0, 0.05) is 30.0 Å². The Balaban J connectivity index is 1.61. The van der Waals surface area contributed by atoms with Gasteiger partial charge < -0.3 is 15.5 Å². The fourth-order valence-corrected chi connectivity index (χ4v) is 3.11. The van der Waals surface area contributed by atoms with E-state index in [0.717, 1.165) is 22.1 Å². The minimum Gasteiger partial charge on any atom is -0.376 e. The molecular formula is C23H25N3O2. The first-order chi connectivity index (χ1) is 13.6. The smallest absolute Gasteiger partial charge is 0.253 e. The Morgan fingerprint density at radius 3 is 2.32 bits per heavy atom. The zero-order valence-corrected chi connectivity index (χ0v) is 16.2. The van der Waals surface area contributed by atoms with Crippen molar-refractivity contribution < 1.29 is 9.59 Å². The van der Waals surface area contributed by atoms with Crippen molar-refractivity contribution >= 4 is 34.0 Å². The van der Waals surface area contributed by atoms with Crippen LogP contribution in [0.5, 0.6) is 0 Å². The molecule has 0 aromatic heterocycles. The van der Waals surface area contributed by atoms with Crippen LogP contribution in [0.2, 0.25) is 0 Å². The molecule has 3 rings (SSSR count). The molecule has 3 aromatic carbocycles. The molecule has 0 atom stereocenters. The van der Waals surface area contributed by atoms with Gasteiger partial charge in [0.1, 0.15) is 0 Å². The summed E-state index contributed by atoms with van der Waals surface area (Å²) in [6, 6.07) is 21.1. The Labute approximate surface area is 165 Å². The minimum absolute atomic E-state index is 0.00531. The number of amides is 2. The Kier molecular flexibility index (Phi) is 6.27. The van der Waals surface area contributed by atoms with Crippen molar-refractivity contribution in [2.75, 3.05) is 30.3 Å². The Morgan fingerprint density at radius 1 is 0.821 bits per heavy atom. The summed E-state index contributed by atoms with van der Waals surface area (Å²) in [5, 5.41) is 8.20. The summed E-state index contributed by atoms with van der Waals surface area (Å²) in [7, 11) is 0. The van der Waals surface area contributed by atoms with E-state index in [-0.39, 0.29) is 18.4 Å². The third kappa shape index (κ3) is 4.68. The number of rotatable bonds is 7. The van der Waals surface area contributed by atoms with E-state index in [4.69, 9.17) is 0 Å². The highest BCUT2D eigenvalue weighted by Crippen LogP contribution is 2.19. The van der Waals surface area contributed by atoms with Gasteiger partial charge in [0.25, 0.3) is 5.91 Å². The third-order valence-electron chi connectivity index (χ3n) is 4.65. The highest BCUT2D eigenvalue weighted by Gasteiger charge is 2.12. The number of hydrogen-bond acceptors (Lipinski definition) is 3. The number of fused-ring (bicyclic) bond motifs is 1. The zero-order chi connectivity index (χ0) is 19.9. The molecule has 0 aliphatic rings. The molecule has 3 aromatic rings. The first-order valence-electron chi connectivity index (χ1n) is 9.52. The molecule has 0 heterocycles. The predicted molar refractivity (Wildman–Crippen MR) is 115 cm³/mol. The van der Waals surface area contributed by atoms with Crippen molar-refractivity contribution in [2.45, 2.75) is 13.8 Å². The van der Waals surface area contributed by atoms with Crippen LogP contribution >= 0.6 is 0 Å². The standard InChI is InChI=1S/C23H25N3O2/c1-3-26(4-2)23(28)19-10-7-11-20(15-19)24-16-22(27)25-21-13-12-17-8-5-6-9-18(17)14-21/h5-15,24H,3-4,16H2,1-2H3,(H,25,27). The number of hydrogen-bond donors (Lipinski definition) is 2. The van der Waals surface area contributed by atoms with Crippen molar-refractivity contribution in [3.63, 3.8) is 0 Å². The molecule has 0 radical (unpaired) electrons. The summed E-state index contributed by atoms with van der Waals surface area (Å²) in [5.74, 6) is -0.148. The lowest BCUT2D eigenvalue weighted by Gasteiger charge is -2.19. The number of nitrogens with one attached hydrogen (secondary N) is 2. The summed E-state index contributed by atoms with van der Waals surface area (Å²) in [4.78, 5) is 26.5. The van der Waals surface area contributed by atoms with E-state index in [2.05, 4.69) is 10.6 Å². The maximum Gasteiger partial charge on any atom is 0.253 e. The van der Waals surface area contributed by atoms with Gasteiger partial charge in [-0.3, -0.25) is 9.59 Å². The summed E-state index contributed by atoms with van der Waals surface area (Å²) in [6.07, 6.45) is 0. The highest BCUT2D eigenvalue weighted by atomic mass is 16.2. The van der Waals surface area contributed by atoms with Crippen LogP contribution in [0, 0.1) is 0 Å². The minimum atomic E-state index is -0.143. The van der Waals surface area contributed by atoms with Crippen LogP contribution in [0.15, 0.2) is 66.7 Å². The van der Waals surface area contributed by atoms with Gasteiger partial charge in [0.05, 0.1) is 6.54 Å². The quantitative estimate of drug-likeness (QED) is 0.644. The van der Waals surface area contributed by atoms with Gasteiger partial charge in [-0.15, -0.1) is 0 Å². The number of nitrogens with zero attached hydrogens (tertiary/aromatic N) is 1. The second kappa shape index (κ2) is 9.04. The van der Waals surface area contributed by atoms with E-state index in [9.17, 15) is 9.59 Å². The van der Waals surface area contributed by atoms with E-state index >= 15 is 0 Å². The molecule has 0 unspecified atom stereocenters. The first kappa shape index (κ1) is 19.4. The SMILES string of the molecule is CCN(CC)C(=O)c1cccc(NCC(=O)Nc2ccc3ccccc3c2)c1. The average molecular weight is 375 g/mol. The second-order valence-electron chi connectivity index (χ2n) is 6.52. The normalized spacial score (nSPS) is 10.5. The van der Waals surface area contributed by atoms with Gasteiger partial charge in [-0.2, -0.15) is 0 Å². The fraction of sp³-hybridized carbons (Fsp3) is 0.217. The summed E-state index contributed by atoms with van der Waals surface area (Å²) in [5.41, 5.74) is 2.12. The fourth-order valence-electron chi connectivity index (χ4n) is 3.11. The summed E-state index contributed by atoms with van der Waals surface area (Å²) < 4.78 is 0. The van der Waals surface area contributed by atoms with Gasteiger partial charge in [0.15, 0.2) is 0 Å². The molecule has 0 bridgehead atoms. The number of carbonyl (C=O) groups excluding carboxylic acids is 2. The molecule has 0 saturated carbocycles. The summed E-state index contributed by atoms with van der Waals surface area (Å²) >= 11 is 0. The zero-order valence-electron chi connectivity index (χ0n) is 16.2. The number of benzene rings is 3. The maximum atomic E-state index is 12.5. The molecule has 0 aliphatic carbocycles. The molecule has 28 heavy (non-hydrogen) atoms. The van der Waals surface area contributed by atoms with Crippen LogP contribution < -0.4 is 10.6 Å². The first-order valence-corrected chi connectivity index (χ1v) is 9.52. The lowest BCUT2D eigenvalue weighted by molar-refractivity contribution is -0.114. The second-order valence-corrected chi connectivity index (χ2v) is 6.52. The monoisotopic (exact) mass is 375 g/mol. The lowest BCUT2D eigenvalue weighted by Crippen LogP contribution is -2.30. The molecule has 0 aliphatic heterocycles. The molecule has 5 nitrogen and oxygen atoms in total. The van der Waals surface area contributed by atoms with Gasteiger partial charge in [-0.1, -0.05) is 36.4 Å². The van der Waals surface area contributed by atoms with Crippen LogP contribution in [0.4, 0.5) is 11.4 Å². The van der Waals surface area contributed by atoms with E-state index in [1.807, 2.05) is 68.4 Å². The van der Waals surface area contributed by atoms with Gasteiger partial charge in [0.2, 0.25) is 5.91 Å². The van der Waals surface area contributed by atoms with Crippen molar-refractivity contribution in [3.05, 3.63) is 72.3 Å². The van der Waals surface area contributed by atoms with Crippen LogP contribution in [0.1, 0.15) is 24.2 Å². The van der Waals surface area contributed by atoms with Crippen molar-refractivity contribution in [1.29, 1.82) is 0 Å². The van der Waals surface area contributed by atoms with Crippen molar-refractivity contribution in [1.82, 2.24) is 4.90 Å². The molecule has 0 saturated heterocycles. The highest BCUT2D eigenvalue weighted by molar-refractivity contribution is 5.97. The Hall–Kier alpha value is -3.34. The van der Waals surface area contributed by atoms with Gasteiger partial charge in [-0.25, -0.2) is 0 Å². The molecular weight excluding hydrogens is 350 g/mol. The molecule has 5 heteroatoms. The topological polar surface area (TPSA) is 61.4 Å². The van der Waals surface area contributed by atoms with Crippen molar-refractivity contribution in [3.8, 4) is 0 Å². The van der Waals surface area contributed by atoms with E-state index in [1.165, 1.54) is 0 Å². The molecule has 2 N–H and O–H groups in total. The predicted octanol–water partition coefficient (Wildman–Crippen LogP) is 4.37. The average Bonchev–Trinajstić information content (AvgIpc) is 2.73. The number of carbonyl (C=O) groups is 2. The van der Waals surface area contributed by atoms with Crippen LogP contribution in [0.3, 0.4) is 0 Å². The maximum absolute atomic E-state index is 12.5. The van der Waals surface area contributed by atoms with Crippen molar-refractivity contribution in [2.24, 2.45) is 0 Å². The Morgan fingerprint density at radius 2 is 1.57 bits per heavy atom. The molecule has 144 valence electrons. The van der Waals surface area contributed by atoms with E-state index < -0.39 is 0 Å². The van der Waals surface area contributed by atoms with Crippen LogP contribution in [-0.2, 0) is 4.79 Å². The molecule has 0 fully saturated rings. The molecule has 0 spiro atoms. The van der Waals surface area contributed by atoms with E-state index in [0.29, 0.717) is 18.7 Å². The van der Waals surface area contributed by atoms with Crippen LogP contribution in [-0.4, -0.2) is 36.3 Å². The Bertz CT molecular complexity index is 980. The lowest BCUT2D eigenvalue weighted by atomic mass is 10.1. The van der Waals surface area contributed by atoms with Gasteiger partial charge in [-0.05, 0) is 55.0 Å². The largest absolute Gasteiger partial charge is 0.376 e. The van der Waals surface area contributed by atoms with Crippen LogP contribution in [0.25, 0.3) is 10.8 Å².